The summed E-state index contributed by atoms with van der Waals surface area (Å²) in [4.78, 5) is 0. The van der Waals surface area contributed by atoms with Crippen molar-refractivity contribution in [2.45, 2.75) is 78.4 Å². The molecule has 2 aliphatic rings. The molecular formula is C19H38O10P2. The van der Waals surface area contributed by atoms with Gasteiger partial charge in [-0.05, 0) is 41.5 Å². The lowest BCUT2D eigenvalue weighted by atomic mass is 9.93. The van der Waals surface area contributed by atoms with Gasteiger partial charge in [-0.1, -0.05) is 0 Å². The van der Waals surface area contributed by atoms with Crippen molar-refractivity contribution in [3.05, 3.63) is 0 Å². The summed E-state index contributed by atoms with van der Waals surface area (Å²) in [6.45, 7) is 13.0. The average Bonchev–Trinajstić information content (AvgIpc) is 2.74. The number of ether oxygens (including phenoxy) is 6. The van der Waals surface area contributed by atoms with E-state index in [0.29, 0.717) is 26.4 Å². The molecule has 2 aliphatic heterocycles. The number of rotatable bonds is 12. The molecule has 0 radical (unpaired) electrons. The molecule has 0 aliphatic carbocycles. The maximum atomic E-state index is 5.99. The Morgan fingerprint density at radius 2 is 0.871 bits per heavy atom. The standard InChI is InChI=1S/C19H38O10P2/c1-13(20-7)26-15(3)28-17(5)30-22-9-19(10-23-30)11-24-31(25-12-19)18(6)29-16(4)27-14(2)21-8/h13-18H,9-12H2,1-8H3. The Labute approximate surface area is 188 Å². The van der Waals surface area contributed by atoms with Crippen LogP contribution in [0.3, 0.4) is 0 Å². The third kappa shape index (κ3) is 8.96. The van der Waals surface area contributed by atoms with Gasteiger partial charge in [0.1, 0.15) is 11.7 Å². The molecule has 1 spiro atoms. The van der Waals surface area contributed by atoms with Crippen LogP contribution in [0.15, 0.2) is 0 Å². The van der Waals surface area contributed by atoms with Crippen LogP contribution in [0.4, 0.5) is 0 Å². The molecule has 31 heavy (non-hydrogen) atoms. The summed E-state index contributed by atoms with van der Waals surface area (Å²) >= 11 is 0. The molecule has 6 unspecified atom stereocenters. The zero-order valence-electron chi connectivity index (χ0n) is 19.8. The Kier molecular flexibility index (Phi) is 12.0. The van der Waals surface area contributed by atoms with E-state index in [0.717, 1.165) is 0 Å². The van der Waals surface area contributed by atoms with E-state index >= 15 is 0 Å². The molecule has 0 amide bonds. The monoisotopic (exact) mass is 488 g/mol. The van der Waals surface area contributed by atoms with E-state index < -0.39 is 29.3 Å². The van der Waals surface area contributed by atoms with Crippen molar-refractivity contribution in [2.75, 3.05) is 40.6 Å². The molecule has 6 atom stereocenters. The molecule has 2 saturated heterocycles. The predicted molar refractivity (Wildman–Crippen MR) is 115 cm³/mol. The minimum atomic E-state index is -1.19. The molecule has 0 aromatic heterocycles. The summed E-state index contributed by atoms with van der Waals surface area (Å²) in [7, 11) is 0.783. The summed E-state index contributed by atoms with van der Waals surface area (Å²) in [6, 6.07) is 0. The Morgan fingerprint density at radius 1 is 0.548 bits per heavy atom. The van der Waals surface area contributed by atoms with Crippen LogP contribution in [-0.2, 0) is 46.5 Å². The zero-order valence-corrected chi connectivity index (χ0v) is 21.6. The third-order valence-electron chi connectivity index (χ3n) is 4.79. The molecule has 2 fully saturated rings. The fraction of sp³-hybridized carbons (Fsp3) is 1.00. The fourth-order valence-electron chi connectivity index (χ4n) is 2.92. The van der Waals surface area contributed by atoms with E-state index in [4.69, 9.17) is 46.5 Å². The summed E-state index contributed by atoms with van der Waals surface area (Å²) in [5, 5.41) is 0. The van der Waals surface area contributed by atoms with Gasteiger partial charge < -0.3 is 46.5 Å². The maximum absolute atomic E-state index is 5.99. The van der Waals surface area contributed by atoms with Crippen molar-refractivity contribution < 1.29 is 46.5 Å². The fourth-order valence-corrected chi connectivity index (χ4v) is 6.05. The van der Waals surface area contributed by atoms with Crippen molar-refractivity contribution in [2.24, 2.45) is 5.41 Å². The highest BCUT2D eigenvalue weighted by atomic mass is 31.2. The van der Waals surface area contributed by atoms with E-state index in [1.165, 1.54) is 0 Å². The SMILES string of the molecule is COC(C)OC(C)OC(C)P1OCC2(CO1)COP(C(C)OC(C)OC(C)OC)OC2. The zero-order chi connectivity index (χ0) is 23.0. The number of hydrogen-bond donors (Lipinski definition) is 0. The van der Waals surface area contributed by atoms with Gasteiger partial charge in [0, 0.05) is 14.2 Å². The van der Waals surface area contributed by atoms with Gasteiger partial charge in [0.25, 0.3) is 0 Å². The lowest BCUT2D eigenvalue weighted by Crippen LogP contribution is -2.46. The van der Waals surface area contributed by atoms with E-state index in [1.54, 1.807) is 14.2 Å². The van der Waals surface area contributed by atoms with E-state index in [9.17, 15) is 0 Å². The van der Waals surface area contributed by atoms with Crippen LogP contribution in [0, 0.1) is 5.41 Å². The first-order chi connectivity index (χ1) is 14.7. The summed E-state index contributed by atoms with van der Waals surface area (Å²) in [5.74, 6) is -0.475. The van der Waals surface area contributed by atoms with Crippen molar-refractivity contribution in [3.8, 4) is 0 Å². The van der Waals surface area contributed by atoms with E-state index in [-0.39, 0.29) is 29.7 Å². The van der Waals surface area contributed by atoms with Crippen molar-refractivity contribution in [3.63, 3.8) is 0 Å². The third-order valence-corrected chi connectivity index (χ3v) is 7.76. The minimum Gasteiger partial charge on any atom is -0.356 e. The Bertz CT molecular complexity index is 453. The van der Waals surface area contributed by atoms with Gasteiger partial charge in [-0.25, -0.2) is 0 Å². The Hall–Kier alpha value is 0.460. The summed E-state index contributed by atoms with van der Waals surface area (Å²) in [6.07, 6.45) is -1.55. The predicted octanol–water partition coefficient (Wildman–Crippen LogP) is 4.13. The molecule has 10 nitrogen and oxygen atoms in total. The van der Waals surface area contributed by atoms with Gasteiger partial charge in [-0.2, -0.15) is 0 Å². The normalized spacial score (nSPS) is 32.9. The van der Waals surface area contributed by atoms with Crippen LogP contribution < -0.4 is 0 Å². The molecule has 0 saturated carbocycles. The second kappa shape index (κ2) is 13.4. The highest BCUT2D eigenvalue weighted by Crippen LogP contribution is 2.56. The highest BCUT2D eigenvalue weighted by molar-refractivity contribution is 7.48. The Morgan fingerprint density at radius 3 is 1.16 bits per heavy atom. The van der Waals surface area contributed by atoms with Crippen molar-refractivity contribution in [1.82, 2.24) is 0 Å². The lowest BCUT2D eigenvalue weighted by Gasteiger charge is -2.44. The molecule has 0 aromatic rings. The van der Waals surface area contributed by atoms with Crippen LogP contribution >= 0.6 is 16.8 Å². The van der Waals surface area contributed by atoms with Gasteiger partial charge in [0.15, 0.2) is 25.2 Å². The second-order valence-corrected chi connectivity index (χ2v) is 11.3. The van der Waals surface area contributed by atoms with Gasteiger partial charge in [0.05, 0.1) is 31.8 Å². The largest absolute Gasteiger partial charge is 0.356 e. The minimum absolute atomic E-state index is 0.238. The van der Waals surface area contributed by atoms with Gasteiger partial charge in [0.2, 0.25) is 16.8 Å². The summed E-state index contributed by atoms with van der Waals surface area (Å²) < 4.78 is 56.9. The molecule has 12 heteroatoms. The highest BCUT2D eigenvalue weighted by Gasteiger charge is 2.45. The topological polar surface area (TPSA) is 92.3 Å². The lowest BCUT2D eigenvalue weighted by molar-refractivity contribution is -0.228. The summed E-state index contributed by atoms with van der Waals surface area (Å²) in [5.41, 5.74) is -0.323. The van der Waals surface area contributed by atoms with Crippen LogP contribution in [-0.4, -0.2) is 77.5 Å². The first-order valence-electron chi connectivity index (χ1n) is 10.5. The first-order valence-corrected chi connectivity index (χ1v) is 12.9. The molecule has 2 rings (SSSR count). The van der Waals surface area contributed by atoms with Crippen LogP contribution in [0.2, 0.25) is 0 Å². The quantitative estimate of drug-likeness (QED) is 0.295. The molecule has 0 aromatic carbocycles. The average molecular weight is 488 g/mol. The van der Waals surface area contributed by atoms with Crippen molar-refractivity contribution in [1.29, 1.82) is 0 Å². The van der Waals surface area contributed by atoms with E-state index in [1.807, 2.05) is 41.5 Å². The smallest absolute Gasteiger partial charge is 0.201 e. The maximum Gasteiger partial charge on any atom is 0.201 e. The van der Waals surface area contributed by atoms with Crippen LogP contribution in [0.25, 0.3) is 0 Å². The van der Waals surface area contributed by atoms with E-state index in [2.05, 4.69) is 0 Å². The molecule has 184 valence electrons. The first kappa shape index (κ1) is 27.7. The van der Waals surface area contributed by atoms with Crippen LogP contribution in [0.5, 0.6) is 0 Å². The van der Waals surface area contributed by atoms with Crippen LogP contribution in [0.1, 0.15) is 41.5 Å². The van der Waals surface area contributed by atoms with Gasteiger partial charge in [-0.3, -0.25) is 0 Å². The van der Waals surface area contributed by atoms with Gasteiger partial charge in [-0.15, -0.1) is 0 Å². The molecule has 2 heterocycles. The molecular weight excluding hydrogens is 450 g/mol. The van der Waals surface area contributed by atoms with Crippen molar-refractivity contribution >= 4 is 16.8 Å². The van der Waals surface area contributed by atoms with Gasteiger partial charge >= 0.3 is 0 Å². The molecule has 0 N–H and O–H groups in total. The second-order valence-electron chi connectivity index (χ2n) is 7.65. The Balaban J connectivity index is 1.72. The number of methoxy groups -OCH3 is 2. The molecule has 0 bridgehead atoms. The number of hydrogen-bond acceptors (Lipinski definition) is 10.